The SMILES string of the molecule is CCCCC(CCC)N1CC(CN2CCOCC2)C1. The summed E-state index contributed by atoms with van der Waals surface area (Å²) in [6.45, 7) is 12.8. The molecule has 1 unspecified atom stereocenters. The van der Waals surface area contributed by atoms with Crippen molar-refractivity contribution in [1.82, 2.24) is 9.80 Å². The number of nitrogens with zero attached hydrogens (tertiary/aromatic N) is 2. The second-order valence-electron chi connectivity index (χ2n) is 6.32. The lowest BCUT2D eigenvalue weighted by atomic mass is 9.93. The lowest BCUT2D eigenvalue weighted by molar-refractivity contribution is -0.00988. The first kappa shape index (κ1) is 15.3. The summed E-state index contributed by atoms with van der Waals surface area (Å²) in [6, 6.07) is 0.867. The molecule has 0 saturated carbocycles. The van der Waals surface area contributed by atoms with Gasteiger partial charge in [0.2, 0.25) is 0 Å². The van der Waals surface area contributed by atoms with Crippen LogP contribution >= 0.6 is 0 Å². The molecular weight excluding hydrogens is 236 g/mol. The van der Waals surface area contributed by atoms with Gasteiger partial charge < -0.3 is 4.74 Å². The number of morpholine rings is 1. The molecular formula is C16H32N2O. The minimum absolute atomic E-state index is 0.867. The molecule has 2 heterocycles. The lowest BCUT2D eigenvalue weighted by Gasteiger charge is -2.46. The molecule has 112 valence electrons. The average Bonchev–Trinajstić information content (AvgIpc) is 2.40. The summed E-state index contributed by atoms with van der Waals surface area (Å²) in [6.07, 6.45) is 6.87. The van der Waals surface area contributed by atoms with Crippen LogP contribution < -0.4 is 0 Å². The maximum absolute atomic E-state index is 5.42. The maximum atomic E-state index is 5.42. The van der Waals surface area contributed by atoms with Crippen LogP contribution in [0.15, 0.2) is 0 Å². The van der Waals surface area contributed by atoms with Gasteiger partial charge in [-0.15, -0.1) is 0 Å². The van der Waals surface area contributed by atoms with Gasteiger partial charge in [-0.3, -0.25) is 9.80 Å². The van der Waals surface area contributed by atoms with Gasteiger partial charge in [-0.25, -0.2) is 0 Å². The average molecular weight is 268 g/mol. The van der Waals surface area contributed by atoms with Gasteiger partial charge in [-0.05, 0) is 18.8 Å². The highest BCUT2D eigenvalue weighted by Gasteiger charge is 2.32. The van der Waals surface area contributed by atoms with Gasteiger partial charge in [0.1, 0.15) is 0 Å². The van der Waals surface area contributed by atoms with Gasteiger partial charge in [-0.2, -0.15) is 0 Å². The van der Waals surface area contributed by atoms with E-state index in [4.69, 9.17) is 4.74 Å². The van der Waals surface area contributed by atoms with E-state index in [1.54, 1.807) is 0 Å². The Kier molecular flexibility index (Phi) is 6.62. The van der Waals surface area contributed by atoms with E-state index in [0.717, 1.165) is 38.3 Å². The summed E-state index contributed by atoms with van der Waals surface area (Å²) in [5.41, 5.74) is 0. The highest BCUT2D eigenvalue weighted by molar-refractivity contribution is 4.87. The second kappa shape index (κ2) is 8.23. The molecule has 2 aliphatic rings. The number of likely N-dealkylation sites (tertiary alicyclic amines) is 1. The predicted molar refractivity (Wildman–Crippen MR) is 80.5 cm³/mol. The zero-order valence-electron chi connectivity index (χ0n) is 12.9. The Morgan fingerprint density at radius 1 is 1.05 bits per heavy atom. The molecule has 0 bridgehead atoms. The van der Waals surface area contributed by atoms with E-state index in [1.165, 1.54) is 51.7 Å². The van der Waals surface area contributed by atoms with Crippen LogP contribution in [0, 0.1) is 5.92 Å². The van der Waals surface area contributed by atoms with E-state index in [-0.39, 0.29) is 0 Å². The molecule has 0 aliphatic carbocycles. The third kappa shape index (κ3) is 4.73. The Hall–Kier alpha value is -0.120. The number of rotatable bonds is 8. The number of hydrogen-bond acceptors (Lipinski definition) is 3. The molecule has 1 atom stereocenters. The van der Waals surface area contributed by atoms with Crippen molar-refractivity contribution in [3.8, 4) is 0 Å². The van der Waals surface area contributed by atoms with E-state index in [9.17, 15) is 0 Å². The molecule has 0 spiro atoms. The summed E-state index contributed by atoms with van der Waals surface area (Å²) < 4.78 is 5.42. The van der Waals surface area contributed by atoms with Crippen molar-refractivity contribution in [1.29, 1.82) is 0 Å². The minimum Gasteiger partial charge on any atom is -0.379 e. The van der Waals surface area contributed by atoms with Crippen molar-refractivity contribution in [2.24, 2.45) is 5.92 Å². The smallest absolute Gasteiger partial charge is 0.0594 e. The second-order valence-corrected chi connectivity index (χ2v) is 6.32. The van der Waals surface area contributed by atoms with Crippen LogP contribution in [0.3, 0.4) is 0 Å². The first-order valence-electron chi connectivity index (χ1n) is 8.37. The van der Waals surface area contributed by atoms with E-state index in [1.807, 2.05) is 0 Å². The zero-order valence-corrected chi connectivity index (χ0v) is 12.9. The summed E-state index contributed by atoms with van der Waals surface area (Å²) in [5, 5.41) is 0. The fraction of sp³-hybridized carbons (Fsp3) is 1.00. The number of ether oxygens (including phenoxy) is 1. The van der Waals surface area contributed by atoms with Crippen LogP contribution in [0.25, 0.3) is 0 Å². The molecule has 0 radical (unpaired) electrons. The summed E-state index contributed by atoms with van der Waals surface area (Å²) in [7, 11) is 0. The normalized spacial score (nSPS) is 24.3. The van der Waals surface area contributed by atoms with Gasteiger partial charge in [0.15, 0.2) is 0 Å². The van der Waals surface area contributed by atoms with Crippen molar-refractivity contribution >= 4 is 0 Å². The molecule has 0 aromatic heterocycles. The highest BCUT2D eigenvalue weighted by Crippen LogP contribution is 2.25. The molecule has 0 aromatic carbocycles. The Labute approximate surface area is 119 Å². The summed E-state index contributed by atoms with van der Waals surface area (Å²) in [4.78, 5) is 5.33. The standard InChI is InChI=1S/C16H32N2O/c1-3-5-7-16(6-4-2)18-13-15(14-18)12-17-8-10-19-11-9-17/h15-16H,3-14H2,1-2H3. The summed E-state index contributed by atoms with van der Waals surface area (Å²) >= 11 is 0. The van der Waals surface area contributed by atoms with Crippen LogP contribution in [0.2, 0.25) is 0 Å². The molecule has 2 rings (SSSR count). The highest BCUT2D eigenvalue weighted by atomic mass is 16.5. The molecule has 19 heavy (non-hydrogen) atoms. The number of unbranched alkanes of at least 4 members (excludes halogenated alkanes) is 1. The van der Waals surface area contributed by atoms with Crippen LogP contribution in [0.5, 0.6) is 0 Å². The first-order chi connectivity index (χ1) is 9.33. The molecule has 0 amide bonds. The monoisotopic (exact) mass is 268 g/mol. The van der Waals surface area contributed by atoms with Crippen LogP contribution in [-0.2, 0) is 4.74 Å². The fourth-order valence-electron chi connectivity index (χ4n) is 3.45. The van der Waals surface area contributed by atoms with E-state index in [2.05, 4.69) is 23.6 Å². The Morgan fingerprint density at radius 2 is 1.79 bits per heavy atom. The fourth-order valence-corrected chi connectivity index (χ4v) is 3.45. The third-order valence-electron chi connectivity index (χ3n) is 4.63. The van der Waals surface area contributed by atoms with Crippen LogP contribution in [0.4, 0.5) is 0 Å². The molecule has 2 aliphatic heterocycles. The Morgan fingerprint density at radius 3 is 2.42 bits per heavy atom. The molecule has 3 heteroatoms. The van der Waals surface area contributed by atoms with Crippen LogP contribution in [-0.4, -0.2) is 61.8 Å². The van der Waals surface area contributed by atoms with Crippen molar-refractivity contribution < 1.29 is 4.74 Å². The molecule has 0 N–H and O–H groups in total. The Bertz CT molecular complexity index is 235. The van der Waals surface area contributed by atoms with E-state index in [0.29, 0.717) is 0 Å². The van der Waals surface area contributed by atoms with Crippen molar-refractivity contribution in [2.45, 2.75) is 52.0 Å². The number of hydrogen-bond donors (Lipinski definition) is 0. The topological polar surface area (TPSA) is 15.7 Å². The van der Waals surface area contributed by atoms with Crippen molar-refractivity contribution in [3.05, 3.63) is 0 Å². The third-order valence-corrected chi connectivity index (χ3v) is 4.63. The molecule has 0 aromatic rings. The van der Waals surface area contributed by atoms with Crippen LogP contribution in [0.1, 0.15) is 46.0 Å². The van der Waals surface area contributed by atoms with Crippen molar-refractivity contribution in [3.63, 3.8) is 0 Å². The maximum Gasteiger partial charge on any atom is 0.0594 e. The lowest BCUT2D eigenvalue weighted by Crippen LogP contribution is -2.56. The quantitative estimate of drug-likeness (QED) is 0.673. The zero-order chi connectivity index (χ0) is 13.5. The van der Waals surface area contributed by atoms with Gasteiger partial charge in [-0.1, -0.05) is 33.1 Å². The minimum atomic E-state index is 0.867. The van der Waals surface area contributed by atoms with Gasteiger partial charge >= 0.3 is 0 Å². The van der Waals surface area contributed by atoms with Gasteiger partial charge in [0.25, 0.3) is 0 Å². The Balaban J connectivity index is 1.65. The van der Waals surface area contributed by atoms with Gasteiger partial charge in [0, 0.05) is 38.8 Å². The van der Waals surface area contributed by atoms with E-state index >= 15 is 0 Å². The van der Waals surface area contributed by atoms with Gasteiger partial charge in [0.05, 0.1) is 13.2 Å². The molecule has 2 saturated heterocycles. The van der Waals surface area contributed by atoms with E-state index < -0.39 is 0 Å². The molecule has 2 fully saturated rings. The van der Waals surface area contributed by atoms with Crippen molar-refractivity contribution in [2.75, 3.05) is 45.9 Å². The predicted octanol–water partition coefficient (Wildman–Crippen LogP) is 2.61. The summed E-state index contributed by atoms with van der Waals surface area (Å²) in [5.74, 6) is 0.916. The largest absolute Gasteiger partial charge is 0.379 e. The first-order valence-corrected chi connectivity index (χ1v) is 8.37. The molecule has 3 nitrogen and oxygen atoms in total.